The van der Waals surface area contributed by atoms with Gasteiger partial charge in [0, 0.05) is 5.92 Å². The fourth-order valence-electron chi connectivity index (χ4n) is 1.84. The Labute approximate surface area is 94.4 Å². The fourth-order valence-corrected chi connectivity index (χ4v) is 3.63. The summed E-state index contributed by atoms with van der Waals surface area (Å²) in [5.41, 5.74) is 0.611. The summed E-state index contributed by atoms with van der Waals surface area (Å²) in [5, 5.41) is 8.37. The minimum absolute atomic E-state index is 0.0244. The van der Waals surface area contributed by atoms with Crippen molar-refractivity contribution in [2.75, 3.05) is 12.4 Å². The Balaban J connectivity index is 2.25. The van der Waals surface area contributed by atoms with Crippen LogP contribution in [0, 0.1) is 0 Å². The summed E-state index contributed by atoms with van der Waals surface area (Å²) in [4.78, 5) is 4.15. The first-order chi connectivity index (χ1) is 7.54. The lowest BCUT2D eigenvalue weighted by molar-refractivity contribution is 0.271. The molecule has 1 saturated heterocycles. The number of rotatable bonds is 3. The van der Waals surface area contributed by atoms with Crippen LogP contribution in [0.1, 0.15) is 42.5 Å². The van der Waals surface area contributed by atoms with Gasteiger partial charge in [0.1, 0.15) is 11.5 Å². The molecule has 0 saturated carbocycles. The van der Waals surface area contributed by atoms with Gasteiger partial charge in [0.2, 0.25) is 5.89 Å². The Bertz CT molecular complexity index is 465. The summed E-state index contributed by atoms with van der Waals surface area (Å²) in [5.74, 6) is 0.361. The Morgan fingerprint density at radius 3 is 3.00 bits per heavy atom. The fraction of sp³-hybridized carbons (Fsp3) is 0.700. The monoisotopic (exact) mass is 245 g/mol. The summed E-state index contributed by atoms with van der Waals surface area (Å²) in [6.45, 7) is 1.79. The van der Waals surface area contributed by atoms with Crippen molar-refractivity contribution in [3.05, 3.63) is 17.8 Å². The zero-order valence-corrected chi connectivity index (χ0v) is 9.90. The van der Waals surface area contributed by atoms with Crippen molar-refractivity contribution >= 4 is 9.84 Å². The van der Waals surface area contributed by atoms with Crippen LogP contribution in [0.25, 0.3) is 0 Å². The highest BCUT2D eigenvalue weighted by Gasteiger charge is 2.36. The van der Waals surface area contributed by atoms with Crippen LogP contribution >= 0.6 is 0 Å². The number of aliphatic hydroxyl groups is 1. The molecule has 0 radical (unpaired) electrons. The van der Waals surface area contributed by atoms with E-state index in [-0.39, 0.29) is 24.2 Å². The molecule has 6 heteroatoms. The maximum Gasteiger partial charge on any atom is 0.212 e. The normalized spacial score (nSPS) is 25.8. The van der Waals surface area contributed by atoms with Crippen molar-refractivity contribution in [3.8, 4) is 0 Å². The van der Waals surface area contributed by atoms with E-state index in [9.17, 15) is 8.42 Å². The number of hydrogen-bond donors (Lipinski definition) is 1. The molecule has 0 bridgehead atoms. The second-order valence-corrected chi connectivity index (χ2v) is 6.50. The average Bonchev–Trinajstić information content (AvgIpc) is 2.82. The molecule has 90 valence electrons. The molecule has 2 rings (SSSR count). The van der Waals surface area contributed by atoms with E-state index >= 15 is 0 Å². The second kappa shape index (κ2) is 4.18. The highest BCUT2D eigenvalue weighted by Crippen LogP contribution is 2.34. The van der Waals surface area contributed by atoms with Crippen molar-refractivity contribution in [2.24, 2.45) is 0 Å². The van der Waals surface area contributed by atoms with Crippen LogP contribution in [-0.2, 0) is 9.84 Å². The van der Waals surface area contributed by atoms with Crippen LogP contribution in [0.3, 0.4) is 0 Å². The third-order valence-electron chi connectivity index (χ3n) is 2.92. The van der Waals surface area contributed by atoms with Crippen molar-refractivity contribution in [1.82, 2.24) is 4.98 Å². The van der Waals surface area contributed by atoms with Crippen LogP contribution in [0.15, 0.2) is 10.7 Å². The number of nitrogens with zero attached hydrogens (tertiary/aromatic N) is 1. The number of aromatic nitrogens is 1. The van der Waals surface area contributed by atoms with Gasteiger partial charge < -0.3 is 9.52 Å². The van der Waals surface area contributed by atoms with Gasteiger partial charge in [-0.2, -0.15) is 0 Å². The number of hydrogen-bond acceptors (Lipinski definition) is 5. The van der Waals surface area contributed by atoms with Gasteiger partial charge in [-0.05, 0) is 12.8 Å². The lowest BCUT2D eigenvalue weighted by Gasteiger charge is -2.03. The summed E-state index contributed by atoms with van der Waals surface area (Å²) >= 11 is 0. The average molecular weight is 245 g/mol. The lowest BCUT2D eigenvalue weighted by atomic mass is 10.1. The van der Waals surface area contributed by atoms with Crippen molar-refractivity contribution in [1.29, 1.82) is 0 Å². The molecule has 2 heterocycles. The van der Waals surface area contributed by atoms with Gasteiger partial charge in [-0.15, -0.1) is 0 Å². The first kappa shape index (κ1) is 11.6. The Morgan fingerprint density at radius 1 is 1.69 bits per heavy atom. The van der Waals surface area contributed by atoms with Crippen LogP contribution in [0.5, 0.6) is 0 Å². The van der Waals surface area contributed by atoms with E-state index in [1.165, 1.54) is 6.26 Å². The third kappa shape index (κ3) is 1.99. The smallest absolute Gasteiger partial charge is 0.212 e. The van der Waals surface area contributed by atoms with Crippen LogP contribution < -0.4 is 0 Å². The van der Waals surface area contributed by atoms with Gasteiger partial charge in [-0.25, -0.2) is 13.4 Å². The van der Waals surface area contributed by atoms with E-state index in [0.717, 1.165) is 0 Å². The van der Waals surface area contributed by atoms with E-state index in [1.54, 1.807) is 0 Å². The van der Waals surface area contributed by atoms with Gasteiger partial charge in [0.25, 0.3) is 0 Å². The molecule has 0 amide bonds. The molecular formula is C10H15NO4S. The molecule has 2 unspecified atom stereocenters. The first-order valence-electron chi connectivity index (χ1n) is 5.32. The first-order valence-corrected chi connectivity index (χ1v) is 7.04. The molecule has 5 nitrogen and oxygen atoms in total. The molecule has 2 atom stereocenters. The van der Waals surface area contributed by atoms with Gasteiger partial charge in [-0.3, -0.25) is 0 Å². The second-order valence-electron chi connectivity index (χ2n) is 4.19. The SMILES string of the molecule is CC(CO)c1coc(C2CCCS2(=O)=O)n1. The standard InChI is InChI=1S/C10H15NO4S/c1-7(5-12)8-6-15-10(11-8)9-3-2-4-16(9,13)14/h6-7,9,12H,2-5H2,1H3. The van der Waals surface area contributed by atoms with E-state index in [4.69, 9.17) is 9.52 Å². The van der Waals surface area contributed by atoms with Gasteiger partial charge >= 0.3 is 0 Å². The summed E-state index contributed by atoms with van der Waals surface area (Å²) in [6, 6.07) is 0. The van der Waals surface area contributed by atoms with Gasteiger partial charge in [0.15, 0.2) is 9.84 Å². The molecule has 0 aliphatic carbocycles. The Kier molecular flexibility index (Phi) is 3.03. The minimum atomic E-state index is -3.08. The molecule has 0 spiro atoms. The number of oxazole rings is 1. The topological polar surface area (TPSA) is 80.4 Å². The molecular weight excluding hydrogens is 230 g/mol. The van der Waals surface area contributed by atoms with E-state index < -0.39 is 15.1 Å². The van der Waals surface area contributed by atoms with E-state index in [0.29, 0.717) is 18.5 Å². The van der Waals surface area contributed by atoms with Crippen LogP contribution in [-0.4, -0.2) is 30.9 Å². The van der Waals surface area contributed by atoms with Crippen molar-refractivity contribution in [3.63, 3.8) is 0 Å². The van der Waals surface area contributed by atoms with Crippen LogP contribution in [0.2, 0.25) is 0 Å². The molecule has 1 aliphatic rings. The predicted molar refractivity (Wildman–Crippen MR) is 57.8 cm³/mol. The molecule has 1 aromatic rings. The largest absolute Gasteiger partial charge is 0.447 e. The zero-order valence-electron chi connectivity index (χ0n) is 9.09. The quantitative estimate of drug-likeness (QED) is 0.860. The maximum absolute atomic E-state index is 11.7. The summed E-state index contributed by atoms with van der Waals surface area (Å²) in [6.07, 6.45) is 2.68. The van der Waals surface area contributed by atoms with Gasteiger partial charge in [-0.1, -0.05) is 6.92 Å². The number of sulfone groups is 1. The number of aliphatic hydroxyl groups excluding tert-OH is 1. The van der Waals surface area contributed by atoms with Crippen molar-refractivity contribution in [2.45, 2.75) is 30.9 Å². The molecule has 1 fully saturated rings. The molecule has 1 aromatic heterocycles. The summed E-state index contributed by atoms with van der Waals surface area (Å²) in [7, 11) is -3.08. The Morgan fingerprint density at radius 2 is 2.44 bits per heavy atom. The third-order valence-corrected chi connectivity index (χ3v) is 5.08. The maximum atomic E-state index is 11.7. The van der Waals surface area contributed by atoms with Crippen molar-refractivity contribution < 1.29 is 17.9 Å². The summed E-state index contributed by atoms with van der Waals surface area (Å²) < 4.78 is 28.5. The molecule has 1 aliphatic heterocycles. The highest BCUT2D eigenvalue weighted by atomic mass is 32.2. The lowest BCUT2D eigenvalue weighted by Crippen LogP contribution is -2.08. The minimum Gasteiger partial charge on any atom is -0.447 e. The van der Waals surface area contributed by atoms with E-state index in [1.807, 2.05) is 6.92 Å². The Hall–Kier alpha value is -0.880. The van der Waals surface area contributed by atoms with Gasteiger partial charge in [0.05, 0.1) is 18.1 Å². The molecule has 0 aromatic carbocycles. The van der Waals surface area contributed by atoms with Crippen LogP contribution in [0.4, 0.5) is 0 Å². The van der Waals surface area contributed by atoms with E-state index in [2.05, 4.69) is 4.98 Å². The molecule has 16 heavy (non-hydrogen) atoms. The zero-order chi connectivity index (χ0) is 11.8. The predicted octanol–water partition coefficient (Wildman–Crippen LogP) is 1.02. The molecule has 1 N–H and O–H groups in total. The highest BCUT2D eigenvalue weighted by molar-refractivity contribution is 7.91.